The molecular formula is C12H12F2N4. The first-order valence-corrected chi connectivity index (χ1v) is 5.30. The molecule has 0 saturated carbocycles. The molecule has 0 unspecified atom stereocenters. The molecule has 0 aliphatic rings. The maximum Gasteiger partial charge on any atom is 0.263 e. The highest BCUT2D eigenvalue weighted by Gasteiger charge is 2.06. The van der Waals surface area contributed by atoms with E-state index in [0.29, 0.717) is 5.56 Å². The lowest BCUT2D eigenvalue weighted by molar-refractivity contribution is 0.151. The number of hydrogen-bond donors (Lipinski definition) is 1. The fraction of sp³-hybridized carbons (Fsp3) is 0.167. The van der Waals surface area contributed by atoms with Crippen molar-refractivity contribution in [1.29, 1.82) is 0 Å². The maximum absolute atomic E-state index is 12.5. The number of imidazole rings is 1. The Morgan fingerprint density at radius 3 is 2.83 bits per heavy atom. The number of aryl methyl sites for hydroxylation is 1. The van der Waals surface area contributed by atoms with E-state index < -0.39 is 6.43 Å². The minimum absolute atomic E-state index is 0.0336. The second-order valence-electron chi connectivity index (χ2n) is 3.80. The summed E-state index contributed by atoms with van der Waals surface area (Å²) in [6.07, 6.45) is 0.630. The van der Waals surface area contributed by atoms with Crippen LogP contribution in [0.15, 0.2) is 35.6 Å². The number of benzene rings is 1. The average Bonchev–Trinajstić information content (AvgIpc) is 2.65. The zero-order valence-corrected chi connectivity index (χ0v) is 9.72. The number of alkyl halides is 2. The monoisotopic (exact) mass is 250 g/mol. The van der Waals surface area contributed by atoms with Gasteiger partial charge in [0.2, 0.25) is 5.95 Å². The predicted molar refractivity (Wildman–Crippen MR) is 65.8 cm³/mol. The molecule has 0 bridgehead atoms. The third-order valence-corrected chi connectivity index (χ3v) is 2.33. The minimum Gasteiger partial charge on any atom is -0.368 e. The minimum atomic E-state index is -2.49. The SMILES string of the molecule is Cc1cn(N=Cc2cccc(C(F)F)c2)c(N)n1. The van der Waals surface area contributed by atoms with Gasteiger partial charge in [0.15, 0.2) is 0 Å². The fourth-order valence-corrected chi connectivity index (χ4v) is 1.50. The molecule has 1 aromatic carbocycles. The quantitative estimate of drug-likeness (QED) is 0.851. The number of nitrogens with two attached hydrogens (primary N) is 1. The Morgan fingerprint density at radius 2 is 2.22 bits per heavy atom. The molecular weight excluding hydrogens is 238 g/mol. The summed E-state index contributed by atoms with van der Waals surface area (Å²) in [4.78, 5) is 3.98. The van der Waals surface area contributed by atoms with Gasteiger partial charge in [-0.05, 0) is 18.6 Å². The molecule has 2 N–H and O–H groups in total. The molecule has 0 radical (unpaired) electrons. The maximum atomic E-state index is 12.5. The number of nitrogens with zero attached hydrogens (tertiary/aromatic N) is 3. The molecule has 0 amide bonds. The largest absolute Gasteiger partial charge is 0.368 e. The lowest BCUT2D eigenvalue weighted by Crippen LogP contribution is -1.97. The average molecular weight is 250 g/mol. The molecule has 1 aromatic heterocycles. The molecule has 0 aliphatic carbocycles. The van der Waals surface area contributed by atoms with Gasteiger partial charge >= 0.3 is 0 Å². The third kappa shape index (κ3) is 2.71. The molecule has 6 heteroatoms. The highest BCUT2D eigenvalue weighted by molar-refractivity contribution is 5.79. The molecule has 1 heterocycles. The number of hydrogen-bond acceptors (Lipinski definition) is 3. The van der Waals surface area contributed by atoms with Gasteiger partial charge in [-0.25, -0.2) is 18.4 Å². The molecule has 2 aromatic rings. The summed E-state index contributed by atoms with van der Waals surface area (Å²) < 4.78 is 26.4. The van der Waals surface area contributed by atoms with Crippen molar-refractivity contribution in [3.05, 3.63) is 47.3 Å². The zero-order valence-electron chi connectivity index (χ0n) is 9.72. The van der Waals surface area contributed by atoms with Gasteiger partial charge in [-0.15, -0.1) is 0 Å². The van der Waals surface area contributed by atoms with Crippen LogP contribution < -0.4 is 5.73 Å². The normalized spacial score (nSPS) is 11.6. The number of halogens is 2. The highest BCUT2D eigenvalue weighted by Crippen LogP contribution is 2.18. The Morgan fingerprint density at radius 1 is 1.44 bits per heavy atom. The second-order valence-corrected chi connectivity index (χ2v) is 3.80. The van der Waals surface area contributed by atoms with Crippen LogP contribution in [0.25, 0.3) is 0 Å². The Bertz CT molecular complexity index is 575. The predicted octanol–water partition coefficient (Wildman–Crippen LogP) is 2.59. The number of anilines is 1. The fourth-order valence-electron chi connectivity index (χ4n) is 1.50. The van der Waals surface area contributed by atoms with Crippen molar-refractivity contribution in [2.45, 2.75) is 13.3 Å². The van der Waals surface area contributed by atoms with Crippen molar-refractivity contribution in [1.82, 2.24) is 9.66 Å². The van der Waals surface area contributed by atoms with Crippen LogP contribution in [0.5, 0.6) is 0 Å². The van der Waals surface area contributed by atoms with Crippen LogP contribution in [0.2, 0.25) is 0 Å². The van der Waals surface area contributed by atoms with E-state index in [4.69, 9.17) is 5.73 Å². The first-order chi connectivity index (χ1) is 8.56. The van der Waals surface area contributed by atoms with Gasteiger partial charge in [-0.2, -0.15) is 5.10 Å². The first-order valence-electron chi connectivity index (χ1n) is 5.30. The molecule has 18 heavy (non-hydrogen) atoms. The van der Waals surface area contributed by atoms with Crippen LogP contribution >= 0.6 is 0 Å². The Balaban J connectivity index is 2.23. The standard InChI is InChI=1S/C12H12F2N4/c1-8-7-18(12(15)17-8)16-6-9-3-2-4-10(5-9)11(13)14/h2-7,11H,1H3,(H2,15,17). The van der Waals surface area contributed by atoms with Gasteiger partial charge in [-0.3, -0.25) is 0 Å². The third-order valence-electron chi connectivity index (χ3n) is 2.33. The molecule has 94 valence electrons. The summed E-state index contributed by atoms with van der Waals surface area (Å²) in [6.45, 7) is 1.79. The molecule has 0 aliphatic heterocycles. The Labute approximate surface area is 103 Å². The number of nitrogen functional groups attached to an aromatic ring is 1. The summed E-state index contributed by atoms with van der Waals surface area (Å²) in [7, 11) is 0. The lowest BCUT2D eigenvalue weighted by Gasteiger charge is -2.00. The van der Waals surface area contributed by atoms with Crippen LogP contribution in [0, 0.1) is 6.92 Å². The van der Waals surface area contributed by atoms with Gasteiger partial charge < -0.3 is 5.73 Å². The summed E-state index contributed by atoms with van der Waals surface area (Å²) in [5.74, 6) is 0.258. The van der Waals surface area contributed by atoms with E-state index in [1.54, 1.807) is 25.3 Å². The van der Waals surface area contributed by atoms with E-state index in [2.05, 4.69) is 10.1 Å². The van der Waals surface area contributed by atoms with Crippen molar-refractivity contribution in [3.63, 3.8) is 0 Å². The second kappa shape index (κ2) is 4.95. The Kier molecular flexibility index (Phi) is 3.36. The van der Waals surface area contributed by atoms with Gasteiger partial charge in [-0.1, -0.05) is 18.2 Å². The van der Waals surface area contributed by atoms with Gasteiger partial charge in [0, 0.05) is 5.56 Å². The number of rotatable bonds is 3. The summed E-state index contributed by atoms with van der Waals surface area (Å²) in [5, 5.41) is 4.06. The van der Waals surface area contributed by atoms with E-state index >= 15 is 0 Å². The van der Waals surface area contributed by atoms with Crippen LogP contribution in [0.4, 0.5) is 14.7 Å². The van der Waals surface area contributed by atoms with Gasteiger partial charge in [0.1, 0.15) is 0 Å². The molecule has 0 fully saturated rings. The van der Waals surface area contributed by atoms with E-state index in [1.165, 1.54) is 23.0 Å². The molecule has 0 saturated heterocycles. The van der Waals surface area contributed by atoms with E-state index in [-0.39, 0.29) is 11.5 Å². The van der Waals surface area contributed by atoms with Crippen molar-refractivity contribution < 1.29 is 8.78 Å². The van der Waals surface area contributed by atoms with Crippen LogP contribution in [0.3, 0.4) is 0 Å². The lowest BCUT2D eigenvalue weighted by atomic mass is 10.1. The van der Waals surface area contributed by atoms with Crippen LogP contribution in [0.1, 0.15) is 23.2 Å². The van der Waals surface area contributed by atoms with Gasteiger partial charge in [0.05, 0.1) is 18.1 Å². The Hall–Kier alpha value is -2.24. The van der Waals surface area contributed by atoms with Crippen LogP contribution in [-0.4, -0.2) is 15.9 Å². The van der Waals surface area contributed by atoms with Gasteiger partial charge in [0.25, 0.3) is 6.43 Å². The van der Waals surface area contributed by atoms with E-state index in [0.717, 1.165) is 5.69 Å². The van der Waals surface area contributed by atoms with E-state index in [9.17, 15) is 8.78 Å². The van der Waals surface area contributed by atoms with Crippen molar-refractivity contribution in [2.75, 3.05) is 5.73 Å². The summed E-state index contributed by atoms with van der Waals surface area (Å²) >= 11 is 0. The van der Waals surface area contributed by atoms with Crippen molar-refractivity contribution in [2.24, 2.45) is 5.10 Å². The smallest absolute Gasteiger partial charge is 0.263 e. The topological polar surface area (TPSA) is 56.2 Å². The highest BCUT2D eigenvalue weighted by atomic mass is 19.3. The summed E-state index contributed by atoms with van der Waals surface area (Å²) in [6, 6.07) is 6.01. The molecule has 2 rings (SSSR count). The van der Waals surface area contributed by atoms with Crippen molar-refractivity contribution >= 4 is 12.2 Å². The van der Waals surface area contributed by atoms with E-state index in [1.807, 2.05) is 0 Å². The zero-order chi connectivity index (χ0) is 13.1. The molecule has 0 atom stereocenters. The van der Waals surface area contributed by atoms with Crippen molar-refractivity contribution in [3.8, 4) is 0 Å². The van der Waals surface area contributed by atoms with Crippen LogP contribution in [-0.2, 0) is 0 Å². The number of aromatic nitrogens is 2. The molecule has 4 nitrogen and oxygen atoms in total. The summed E-state index contributed by atoms with van der Waals surface area (Å²) in [5.41, 5.74) is 6.89. The molecule has 0 spiro atoms. The first kappa shape index (κ1) is 12.2.